The molecule has 0 bridgehead atoms. The first kappa shape index (κ1) is 10.2. The lowest BCUT2D eigenvalue weighted by molar-refractivity contribution is -0.909. The summed E-state index contributed by atoms with van der Waals surface area (Å²) < 4.78 is 8.64. The van der Waals surface area contributed by atoms with E-state index < -0.39 is 0 Å². The summed E-state index contributed by atoms with van der Waals surface area (Å²) in [5.74, 6) is 0.0972. The van der Waals surface area contributed by atoms with Crippen LogP contribution in [0.3, 0.4) is 0 Å². The summed E-state index contributed by atoms with van der Waals surface area (Å²) >= 11 is 1.88. The van der Waals surface area contributed by atoms with Crippen LogP contribution in [0.5, 0.6) is 0 Å². The van der Waals surface area contributed by atoms with E-state index in [2.05, 4.69) is 10.6 Å². The number of hydrogen-bond acceptors (Lipinski definition) is 2. The maximum atomic E-state index is 11.1. The first-order chi connectivity index (χ1) is 5.66. The quantitative estimate of drug-likeness (QED) is 0.438. The molecule has 0 atom stereocenters. The Morgan fingerprint density at radius 3 is 2.67 bits per heavy atom. The van der Waals surface area contributed by atoms with Gasteiger partial charge in [-0.05, 0) is 0 Å². The number of ether oxygens (including phenoxy) is 1. The molecule has 1 fully saturated rings. The Morgan fingerprint density at radius 1 is 1.58 bits per heavy atom. The molecule has 1 N–H and O–H groups in total. The molecule has 0 aromatic rings. The monoisotopic (exact) mass is 285 g/mol. The molecule has 1 heterocycles. The van der Waals surface area contributed by atoms with E-state index in [1.807, 2.05) is 22.9 Å². The van der Waals surface area contributed by atoms with Gasteiger partial charge in [0.1, 0.15) is 13.1 Å². The Bertz CT molecular complexity index is 169. The second-order valence-corrected chi connectivity index (χ2v) is 3.89. The number of quaternary nitrogens is 1. The molecule has 1 aliphatic heterocycles. The summed E-state index contributed by atoms with van der Waals surface area (Å²) in [6.45, 7) is 3.97. The van der Waals surface area contributed by atoms with Crippen LogP contribution in [0.1, 0.15) is 0 Å². The number of carbonyl (C=O) groups excluding carboxylic acids is 1. The van der Waals surface area contributed by atoms with Crippen molar-refractivity contribution in [3.63, 3.8) is 0 Å². The van der Waals surface area contributed by atoms with Crippen LogP contribution in [0.25, 0.3) is 0 Å². The summed E-state index contributed by atoms with van der Waals surface area (Å²) in [7, 11) is 2.09. The van der Waals surface area contributed by atoms with Gasteiger partial charge in [-0.1, -0.05) is 0 Å². The van der Waals surface area contributed by atoms with E-state index in [4.69, 9.17) is 4.74 Å². The molecule has 1 rings (SSSR count). The van der Waals surface area contributed by atoms with Gasteiger partial charge < -0.3 is 9.22 Å². The Labute approximate surface area is 86.3 Å². The lowest BCUT2D eigenvalue weighted by Crippen LogP contribution is -2.55. The molecule has 0 aromatic carbocycles. The normalized spacial score (nSPS) is 21.8. The third-order valence-electron chi connectivity index (χ3n) is 2.18. The average molecular weight is 285 g/mol. The Kier molecular flexibility index (Phi) is 3.73. The molecule has 1 aliphatic rings. The molecule has 4 nitrogen and oxygen atoms in total. The topological polar surface area (TPSA) is 38.3 Å². The second kappa shape index (κ2) is 4.38. The molecule has 12 heavy (non-hydrogen) atoms. The molecule has 0 spiro atoms. The summed E-state index contributed by atoms with van der Waals surface area (Å²) in [5.41, 5.74) is 0. The first-order valence-electron chi connectivity index (χ1n) is 3.97. The number of rotatable bonds is 2. The molecule has 5 heteroatoms. The van der Waals surface area contributed by atoms with Gasteiger partial charge in [0.2, 0.25) is 0 Å². The van der Waals surface area contributed by atoms with Crippen molar-refractivity contribution in [2.45, 2.75) is 0 Å². The summed E-state index contributed by atoms with van der Waals surface area (Å²) in [5, 5.41) is 0. The highest BCUT2D eigenvalue weighted by atomic mass is 127. The molecule has 1 saturated heterocycles. The van der Waals surface area contributed by atoms with Crippen LogP contribution in [-0.2, 0) is 9.53 Å². The zero-order valence-corrected chi connectivity index (χ0v) is 9.33. The average Bonchev–Trinajstić information content (AvgIpc) is 2.05. The number of carbonyl (C=O) groups is 1. The maximum Gasteiger partial charge on any atom is 0.283 e. The van der Waals surface area contributed by atoms with E-state index in [-0.39, 0.29) is 5.91 Å². The van der Waals surface area contributed by atoms with Crippen molar-refractivity contribution in [1.29, 1.82) is 0 Å². The molecular weight excluding hydrogens is 271 g/mol. The highest BCUT2D eigenvalue weighted by Gasteiger charge is 2.27. The van der Waals surface area contributed by atoms with Gasteiger partial charge >= 0.3 is 0 Å². The smallest absolute Gasteiger partial charge is 0.283 e. The van der Waals surface area contributed by atoms with Gasteiger partial charge in [0, 0.05) is 0 Å². The predicted molar refractivity (Wildman–Crippen MR) is 53.8 cm³/mol. The van der Waals surface area contributed by atoms with Crippen LogP contribution in [-0.4, -0.2) is 50.3 Å². The van der Waals surface area contributed by atoms with Crippen molar-refractivity contribution in [2.24, 2.45) is 0 Å². The third kappa shape index (κ3) is 2.87. The largest absolute Gasteiger partial charge is 0.370 e. The van der Waals surface area contributed by atoms with Gasteiger partial charge in [-0.25, -0.2) is 0 Å². The van der Waals surface area contributed by atoms with Crippen LogP contribution in [0.4, 0.5) is 0 Å². The summed E-state index contributed by atoms with van der Waals surface area (Å²) in [6.07, 6.45) is 0. The highest BCUT2D eigenvalue weighted by Crippen LogP contribution is 2.06. The van der Waals surface area contributed by atoms with Crippen molar-refractivity contribution in [3.05, 3.63) is 0 Å². The molecule has 0 unspecified atom stereocenters. The zero-order valence-electron chi connectivity index (χ0n) is 7.18. The minimum absolute atomic E-state index is 0.0972. The van der Waals surface area contributed by atoms with Crippen molar-refractivity contribution in [3.8, 4) is 0 Å². The first-order valence-corrected chi connectivity index (χ1v) is 5.05. The molecule has 0 aliphatic carbocycles. The van der Waals surface area contributed by atoms with Gasteiger partial charge in [-0.3, -0.25) is 8.32 Å². The Balaban J connectivity index is 2.41. The number of nitrogens with zero attached hydrogens (tertiary/aromatic N) is 1. The fourth-order valence-corrected chi connectivity index (χ4v) is 1.49. The molecule has 1 amide bonds. The summed E-state index contributed by atoms with van der Waals surface area (Å²) in [4.78, 5) is 11.1. The molecular formula is C7H14IN2O2+. The number of likely N-dealkylation sites (N-methyl/N-ethyl adjacent to an activating group) is 1. The maximum absolute atomic E-state index is 11.1. The van der Waals surface area contributed by atoms with Crippen LogP contribution in [0, 0.1) is 0 Å². The number of hydrogen-bond donors (Lipinski definition) is 1. The lowest BCUT2D eigenvalue weighted by Gasteiger charge is -2.36. The summed E-state index contributed by atoms with van der Waals surface area (Å²) in [6, 6.07) is 0. The van der Waals surface area contributed by atoms with Crippen LogP contribution in [0.15, 0.2) is 0 Å². The van der Waals surface area contributed by atoms with Crippen LogP contribution < -0.4 is 3.53 Å². The third-order valence-corrected chi connectivity index (χ3v) is 2.78. The molecule has 0 aromatic heterocycles. The van der Waals surface area contributed by atoms with E-state index in [1.54, 1.807) is 0 Å². The van der Waals surface area contributed by atoms with Crippen LogP contribution >= 0.6 is 22.9 Å². The van der Waals surface area contributed by atoms with E-state index >= 15 is 0 Å². The fraction of sp³-hybridized carbons (Fsp3) is 0.857. The molecule has 0 saturated carbocycles. The fourth-order valence-electron chi connectivity index (χ4n) is 1.32. The number of nitrogens with one attached hydrogen (secondary N) is 1. The Morgan fingerprint density at radius 2 is 2.17 bits per heavy atom. The van der Waals surface area contributed by atoms with Crippen LogP contribution in [0.2, 0.25) is 0 Å². The predicted octanol–water partition coefficient (Wildman–Crippen LogP) is -0.0706. The van der Waals surface area contributed by atoms with Gasteiger partial charge in [0.05, 0.1) is 43.1 Å². The van der Waals surface area contributed by atoms with E-state index in [0.717, 1.165) is 30.8 Å². The van der Waals surface area contributed by atoms with Crippen molar-refractivity contribution >= 4 is 28.8 Å². The van der Waals surface area contributed by atoms with Crippen molar-refractivity contribution < 1.29 is 14.0 Å². The minimum atomic E-state index is 0.0972. The highest BCUT2D eigenvalue weighted by molar-refractivity contribution is 14.1. The Hall–Kier alpha value is 0.120. The van der Waals surface area contributed by atoms with E-state index in [0.29, 0.717) is 6.54 Å². The van der Waals surface area contributed by atoms with Gasteiger partial charge in [-0.15, -0.1) is 0 Å². The van der Waals surface area contributed by atoms with Crippen molar-refractivity contribution in [1.82, 2.24) is 3.53 Å². The molecule has 0 radical (unpaired) electrons. The van der Waals surface area contributed by atoms with E-state index in [1.165, 1.54) is 0 Å². The minimum Gasteiger partial charge on any atom is -0.370 e. The van der Waals surface area contributed by atoms with Crippen molar-refractivity contribution in [2.75, 3.05) is 39.9 Å². The van der Waals surface area contributed by atoms with E-state index in [9.17, 15) is 4.79 Å². The molecule has 70 valence electrons. The number of amides is 1. The number of halogens is 1. The SMILES string of the molecule is C[N+]1(CC(=O)NI)CCOCC1. The zero-order chi connectivity index (χ0) is 9.03. The lowest BCUT2D eigenvalue weighted by atomic mass is 10.3. The number of morpholine rings is 1. The van der Waals surface area contributed by atoms with Gasteiger partial charge in [0.25, 0.3) is 5.91 Å². The van der Waals surface area contributed by atoms with Gasteiger partial charge in [-0.2, -0.15) is 0 Å². The van der Waals surface area contributed by atoms with Gasteiger partial charge in [0.15, 0.2) is 6.54 Å². The standard InChI is InChI=1S/C7H13IN2O2/c1-10(6-7(11)9-8)2-4-12-5-3-10/h2-6H2,1H3/p+1. The second-order valence-electron chi connectivity index (χ2n) is 3.35.